The fraction of sp³-hybridized carbons (Fsp3) is 0.784. The largest absolute Gasteiger partial charge is 0.385 e. The Hall–Kier alpha value is -0.880. The van der Waals surface area contributed by atoms with Crippen molar-refractivity contribution in [3.63, 3.8) is 0 Å². The van der Waals surface area contributed by atoms with E-state index in [0.29, 0.717) is 11.5 Å². The minimum absolute atomic E-state index is 0.110. The molecule has 3 nitrogen and oxygen atoms in total. The number of methoxy groups -OCH3 is 1. The number of rotatable bonds is 12. The molecule has 1 aromatic rings. The summed E-state index contributed by atoms with van der Waals surface area (Å²) in [6.45, 7) is 18.2. The molecule has 42 heavy (non-hydrogen) atoms. The molecule has 0 bridgehead atoms. The van der Waals surface area contributed by atoms with Gasteiger partial charge in [0, 0.05) is 26.3 Å². The number of unbranched alkanes of at least 4 members (excludes halogenated alkanes) is 2. The van der Waals surface area contributed by atoms with Crippen LogP contribution in [0.5, 0.6) is 0 Å². The molecular weight excluding hydrogens is 539 g/mol. The van der Waals surface area contributed by atoms with Crippen LogP contribution in [0, 0.1) is 30.5 Å². The van der Waals surface area contributed by atoms with E-state index in [0.717, 1.165) is 31.0 Å². The fourth-order valence-electron chi connectivity index (χ4n) is 3.77. The van der Waals surface area contributed by atoms with Crippen LogP contribution in [0.2, 0.25) is 0 Å². The van der Waals surface area contributed by atoms with Crippen LogP contribution in [0.4, 0.5) is 4.39 Å². The van der Waals surface area contributed by atoms with E-state index in [2.05, 4.69) is 29.3 Å². The standard InChI is InChI=1S/C11H14FN.C8H17NS.C7H12.C4H8.C3H8O.2C2H6/c1-7-6-9(4-5-10(7)12)11(13)8-2-3-8;1-2-6-9-7-4-3-5-8-10;1-2-6(1)5-7-3-4-7;1-2-4-3-1;1-3-4-2;2*1-2/h4-6,8,11H,2-3,13H2,1H3;2,9-10H,1,3-8H2;6-7H,1-5H2;1-4H2;3H2,1-2H3;2*1-2H3. The molecule has 4 saturated carbocycles. The number of benzene rings is 1. The molecule has 248 valence electrons. The Balaban J connectivity index is 0. The molecule has 0 radical (unpaired) electrons. The predicted molar refractivity (Wildman–Crippen MR) is 190 cm³/mol. The molecule has 0 spiro atoms. The summed E-state index contributed by atoms with van der Waals surface area (Å²) < 4.78 is 17.5. The summed E-state index contributed by atoms with van der Waals surface area (Å²) in [6, 6.07) is 5.27. The van der Waals surface area contributed by atoms with Gasteiger partial charge in [0.05, 0.1) is 0 Å². The number of aryl methyl sites for hydroxylation is 1. The molecule has 3 N–H and O–H groups in total. The minimum Gasteiger partial charge on any atom is -0.385 e. The Morgan fingerprint density at radius 2 is 1.50 bits per heavy atom. The Morgan fingerprint density at radius 3 is 1.86 bits per heavy atom. The van der Waals surface area contributed by atoms with Crippen LogP contribution in [-0.2, 0) is 4.74 Å². The summed E-state index contributed by atoms with van der Waals surface area (Å²) in [5.41, 5.74) is 7.76. The number of hydrogen-bond donors (Lipinski definition) is 3. The van der Waals surface area contributed by atoms with Gasteiger partial charge in [0.1, 0.15) is 5.82 Å². The maximum atomic E-state index is 12.9. The van der Waals surface area contributed by atoms with Gasteiger partial charge in [-0.15, -0.1) is 6.58 Å². The second kappa shape index (κ2) is 31.5. The molecule has 0 heterocycles. The highest BCUT2D eigenvalue weighted by Crippen LogP contribution is 2.44. The van der Waals surface area contributed by atoms with Gasteiger partial charge in [-0.1, -0.05) is 104 Å². The minimum atomic E-state index is -0.147. The third-order valence-electron chi connectivity index (χ3n) is 7.35. The smallest absolute Gasteiger partial charge is 0.126 e. The van der Waals surface area contributed by atoms with Gasteiger partial charge in [0.2, 0.25) is 0 Å². The van der Waals surface area contributed by atoms with E-state index < -0.39 is 0 Å². The van der Waals surface area contributed by atoms with Crippen molar-refractivity contribution in [2.45, 2.75) is 137 Å². The molecule has 4 aliphatic rings. The maximum absolute atomic E-state index is 12.9. The average molecular weight is 611 g/mol. The fourth-order valence-corrected chi connectivity index (χ4v) is 4.00. The Bertz CT molecular complexity index is 685. The van der Waals surface area contributed by atoms with Gasteiger partial charge < -0.3 is 15.8 Å². The molecule has 4 fully saturated rings. The topological polar surface area (TPSA) is 47.3 Å². The summed E-state index contributed by atoms with van der Waals surface area (Å²) in [4.78, 5) is 0. The van der Waals surface area contributed by atoms with Gasteiger partial charge in [-0.3, -0.25) is 0 Å². The van der Waals surface area contributed by atoms with Crippen LogP contribution in [0.15, 0.2) is 30.9 Å². The van der Waals surface area contributed by atoms with Crippen LogP contribution in [0.25, 0.3) is 0 Å². The van der Waals surface area contributed by atoms with Crippen molar-refractivity contribution in [3.8, 4) is 0 Å². The zero-order chi connectivity index (χ0) is 32.0. The predicted octanol–water partition coefficient (Wildman–Crippen LogP) is 10.9. The Labute approximate surface area is 267 Å². The Morgan fingerprint density at radius 1 is 0.976 bits per heavy atom. The maximum Gasteiger partial charge on any atom is 0.126 e. The van der Waals surface area contributed by atoms with Crippen LogP contribution >= 0.6 is 12.6 Å². The second-order valence-corrected chi connectivity index (χ2v) is 11.7. The van der Waals surface area contributed by atoms with Gasteiger partial charge in [0.25, 0.3) is 0 Å². The van der Waals surface area contributed by atoms with Crippen molar-refractivity contribution < 1.29 is 9.13 Å². The normalized spacial score (nSPS) is 16.5. The molecule has 1 aromatic carbocycles. The zero-order valence-electron chi connectivity index (χ0n) is 28.9. The lowest BCUT2D eigenvalue weighted by Crippen LogP contribution is -2.14. The van der Waals surface area contributed by atoms with Crippen molar-refractivity contribution in [1.82, 2.24) is 5.32 Å². The van der Waals surface area contributed by atoms with Crippen molar-refractivity contribution in [1.29, 1.82) is 0 Å². The first-order valence-corrected chi connectivity index (χ1v) is 18.0. The third-order valence-corrected chi connectivity index (χ3v) is 7.66. The third kappa shape index (κ3) is 27.9. The van der Waals surface area contributed by atoms with E-state index in [4.69, 9.17) is 5.73 Å². The lowest BCUT2D eigenvalue weighted by Gasteiger charge is -2.11. The van der Waals surface area contributed by atoms with Crippen molar-refractivity contribution in [2.24, 2.45) is 23.5 Å². The van der Waals surface area contributed by atoms with Gasteiger partial charge in [-0.25, -0.2) is 4.39 Å². The molecule has 0 aliphatic heterocycles. The molecular formula is C37H71FN2OS. The van der Waals surface area contributed by atoms with E-state index in [-0.39, 0.29) is 11.9 Å². The molecule has 1 atom stereocenters. The van der Waals surface area contributed by atoms with Gasteiger partial charge >= 0.3 is 0 Å². The first kappa shape index (κ1) is 43.2. The molecule has 5 heteroatoms. The van der Waals surface area contributed by atoms with Gasteiger partial charge in [-0.05, 0) is 93.2 Å². The number of nitrogens with two attached hydrogens (primary N) is 1. The van der Waals surface area contributed by atoms with Crippen molar-refractivity contribution in [3.05, 3.63) is 47.8 Å². The number of halogens is 1. The van der Waals surface area contributed by atoms with Crippen LogP contribution in [0.3, 0.4) is 0 Å². The summed E-state index contributed by atoms with van der Waals surface area (Å²) in [5, 5.41) is 3.25. The Kier molecular flexibility index (Phi) is 32.5. The van der Waals surface area contributed by atoms with Gasteiger partial charge in [0.15, 0.2) is 0 Å². The highest BCUT2D eigenvalue weighted by molar-refractivity contribution is 7.80. The number of hydrogen-bond acceptors (Lipinski definition) is 4. The summed E-state index contributed by atoms with van der Waals surface area (Å²) >= 11 is 4.13. The number of nitrogens with one attached hydrogen (secondary N) is 1. The quantitative estimate of drug-likeness (QED) is 0.125. The zero-order valence-corrected chi connectivity index (χ0v) is 29.8. The molecule has 1 unspecified atom stereocenters. The molecule has 0 saturated heterocycles. The highest BCUT2D eigenvalue weighted by Gasteiger charge is 2.30. The highest BCUT2D eigenvalue weighted by atomic mass is 32.1. The molecule has 5 rings (SSSR count). The molecule has 4 aliphatic carbocycles. The van der Waals surface area contributed by atoms with Crippen molar-refractivity contribution >= 4 is 12.6 Å². The first-order chi connectivity index (χ1) is 20.5. The van der Waals surface area contributed by atoms with E-state index in [1.807, 2.05) is 46.8 Å². The van der Waals surface area contributed by atoms with E-state index in [1.165, 1.54) is 75.7 Å². The van der Waals surface area contributed by atoms with Crippen molar-refractivity contribution in [2.75, 3.05) is 32.6 Å². The van der Waals surface area contributed by atoms with E-state index in [1.54, 1.807) is 52.2 Å². The first-order valence-electron chi connectivity index (χ1n) is 17.4. The summed E-state index contributed by atoms with van der Waals surface area (Å²) in [7, 11) is 1.68. The monoisotopic (exact) mass is 611 g/mol. The van der Waals surface area contributed by atoms with Crippen LogP contribution < -0.4 is 11.1 Å². The molecule has 0 amide bonds. The lowest BCUT2D eigenvalue weighted by atomic mass is 10.0. The van der Waals surface area contributed by atoms with Crippen LogP contribution in [-0.4, -0.2) is 32.6 Å². The molecule has 0 aromatic heterocycles. The number of ether oxygens (including phenoxy) is 1. The average Bonchev–Trinajstić information content (AvgIpc) is 3.84. The SMILES string of the molecule is C1CC1CC1CC1.C1CCC1.C=CCNCCCCCS.CC.CC.CCOC.Cc1cc(C(N)C2CC2)ccc1F. The van der Waals surface area contributed by atoms with Gasteiger partial charge in [-0.2, -0.15) is 12.6 Å². The van der Waals surface area contributed by atoms with E-state index in [9.17, 15) is 4.39 Å². The lowest BCUT2D eigenvalue weighted by molar-refractivity contribution is 0.215. The van der Waals surface area contributed by atoms with E-state index >= 15 is 0 Å². The van der Waals surface area contributed by atoms with Crippen LogP contribution in [0.1, 0.15) is 142 Å². The second-order valence-electron chi connectivity index (χ2n) is 11.3. The summed E-state index contributed by atoms with van der Waals surface area (Å²) in [6.07, 6.45) is 21.9. The summed E-state index contributed by atoms with van der Waals surface area (Å²) in [5.74, 6) is 3.87. The number of thiol groups is 1.